The SMILES string of the molecule is CCCNC(Cc1cc(C)nn1C)c1cc(C)cc(C)c1. The highest BCUT2D eigenvalue weighted by atomic mass is 15.3. The lowest BCUT2D eigenvalue weighted by Crippen LogP contribution is -2.25. The minimum absolute atomic E-state index is 0.346. The maximum Gasteiger partial charge on any atom is 0.0596 e. The van der Waals surface area contributed by atoms with Gasteiger partial charge in [-0.25, -0.2) is 0 Å². The minimum atomic E-state index is 0.346. The molecular weight excluding hydrogens is 258 g/mol. The second kappa shape index (κ2) is 6.90. The van der Waals surface area contributed by atoms with Crippen LogP contribution in [0.5, 0.6) is 0 Å². The molecule has 1 unspecified atom stereocenters. The summed E-state index contributed by atoms with van der Waals surface area (Å²) < 4.78 is 2.00. The van der Waals surface area contributed by atoms with Crippen LogP contribution in [-0.2, 0) is 13.5 Å². The van der Waals surface area contributed by atoms with Gasteiger partial charge in [-0.3, -0.25) is 4.68 Å². The summed E-state index contributed by atoms with van der Waals surface area (Å²) in [6.45, 7) is 9.63. The lowest BCUT2D eigenvalue weighted by molar-refractivity contribution is 0.512. The molecule has 0 aliphatic carbocycles. The molecule has 3 heteroatoms. The van der Waals surface area contributed by atoms with Crippen LogP contribution >= 0.6 is 0 Å². The number of nitrogens with zero attached hydrogens (tertiary/aromatic N) is 2. The molecule has 21 heavy (non-hydrogen) atoms. The van der Waals surface area contributed by atoms with E-state index in [9.17, 15) is 0 Å². The summed E-state index contributed by atoms with van der Waals surface area (Å²) in [7, 11) is 2.03. The van der Waals surface area contributed by atoms with Crippen molar-refractivity contribution in [2.24, 2.45) is 7.05 Å². The van der Waals surface area contributed by atoms with Gasteiger partial charge in [-0.1, -0.05) is 36.2 Å². The van der Waals surface area contributed by atoms with Crippen LogP contribution in [0.2, 0.25) is 0 Å². The van der Waals surface area contributed by atoms with Crippen LogP contribution in [0.3, 0.4) is 0 Å². The van der Waals surface area contributed by atoms with E-state index in [0.29, 0.717) is 6.04 Å². The zero-order chi connectivity index (χ0) is 15.4. The fraction of sp³-hybridized carbons (Fsp3) is 0.500. The van der Waals surface area contributed by atoms with Gasteiger partial charge >= 0.3 is 0 Å². The molecule has 0 saturated heterocycles. The second-order valence-electron chi connectivity index (χ2n) is 6.03. The summed E-state index contributed by atoms with van der Waals surface area (Å²) in [6.07, 6.45) is 2.12. The average molecular weight is 285 g/mol. The van der Waals surface area contributed by atoms with E-state index in [1.165, 1.54) is 22.4 Å². The third-order valence-corrected chi connectivity index (χ3v) is 3.80. The Morgan fingerprint density at radius 1 is 1.10 bits per heavy atom. The van der Waals surface area contributed by atoms with E-state index < -0.39 is 0 Å². The topological polar surface area (TPSA) is 29.9 Å². The van der Waals surface area contributed by atoms with Gasteiger partial charge in [0.2, 0.25) is 0 Å². The molecule has 114 valence electrons. The standard InChI is InChI=1S/C18H27N3/c1-6-7-19-18(12-17-11-15(4)20-21(17)5)16-9-13(2)8-14(3)10-16/h8-11,18-19H,6-7,12H2,1-5H3. The Balaban J connectivity index is 2.27. The van der Waals surface area contributed by atoms with E-state index in [-0.39, 0.29) is 0 Å². The first kappa shape index (κ1) is 15.8. The van der Waals surface area contributed by atoms with Crippen LogP contribution < -0.4 is 5.32 Å². The second-order valence-corrected chi connectivity index (χ2v) is 6.03. The smallest absolute Gasteiger partial charge is 0.0596 e. The van der Waals surface area contributed by atoms with Gasteiger partial charge in [0.15, 0.2) is 0 Å². The molecule has 0 radical (unpaired) electrons. The van der Waals surface area contributed by atoms with Gasteiger partial charge in [-0.15, -0.1) is 0 Å². The first-order chi connectivity index (χ1) is 9.99. The van der Waals surface area contributed by atoms with Crippen molar-refractivity contribution >= 4 is 0 Å². The highest BCUT2D eigenvalue weighted by Crippen LogP contribution is 2.21. The fourth-order valence-electron chi connectivity index (χ4n) is 2.90. The van der Waals surface area contributed by atoms with Crippen LogP contribution in [0.15, 0.2) is 24.3 Å². The molecule has 0 aliphatic rings. The summed E-state index contributed by atoms with van der Waals surface area (Å²) in [5.74, 6) is 0. The number of nitrogens with one attached hydrogen (secondary N) is 1. The van der Waals surface area contributed by atoms with Crippen molar-refractivity contribution in [2.75, 3.05) is 6.54 Å². The zero-order valence-corrected chi connectivity index (χ0v) is 13.9. The number of benzene rings is 1. The van der Waals surface area contributed by atoms with Crippen molar-refractivity contribution in [1.29, 1.82) is 0 Å². The van der Waals surface area contributed by atoms with Crippen LogP contribution in [0.4, 0.5) is 0 Å². The summed E-state index contributed by atoms with van der Waals surface area (Å²) in [6, 6.07) is 9.35. The van der Waals surface area contributed by atoms with E-state index in [4.69, 9.17) is 0 Å². The van der Waals surface area contributed by atoms with Gasteiger partial charge in [0, 0.05) is 25.2 Å². The van der Waals surface area contributed by atoms with Gasteiger partial charge < -0.3 is 5.32 Å². The summed E-state index contributed by atoms with van der Waals surface area (Å²) >= 11 is 0. The van der Waals surface area contributed by atoms with Crippen molar-refractivity contribution in [3.63, 3.8) is 0 Å². The maximum absolute atomic E-state index is 4.46. The molecule has 0 aliphatic heterocycles. The van der Waals surface area contributed by atoms with Crippen LogP contribution in [0.1, 0.15) is 47.5 Å². The molecule has 2 aromatic rings. The molecule has 1 atom stereocenters. The normalized spacial score (nSPS) is 12.6. The molecule has 1 heterocycles. The number of hydrogen-bond acceptors (Lipinski definition) is 2. The summed E-state index contributed by atoms with van der Waals surface area (Å²) in [5.41, 5.74) is 6.39. The van der Waals surface area contributed by atoms with E-state index in [2.05, 4.69) is 62.4 Å². The number of aryl methyl sites for hydroxylation is 4. The van der Waals surface area contributed by atoms with Crippen molar-refractivity contribution in [3.8, 4) is 0 Å². The van der Waals surface area contributed by atoms with Gasteiger partial charge in [0.25, 0.3) is 0 Å². The lowest BCUT2D eigenvalue weighted by atomic mass is 9.97. The van der Waals surface area contributed by atoms with Crippen molar-refractivity contribution in [1.82, 2.24) is 15.1 Å². The molecule has 0 bridgehead atoms. The predicted molar refractivity (Wildman–Crippen MR) is 88.6 cm³/mol. The van der Waals surface area contributed by atoms with Gasteiger partial charge in [0.05, 0.1) is 5.69 Å². The Morgan fingerprint density at radius 2 is 1.76 bits per heavy atom. The van der Waals surface area contributed by atoms with Crippen LogP contribution in [0, 0.1) is 20.8 Å². The van der Waals surface area contributed by atoms with Gasteiger partial charge in [-0.05, 0) is 45.4 Å². The Bertz CT molecular complexity index is 578. The quantitative estimate of drug-likeness (QED) is 0.878. The number of rotatable bonds is 6. The van der Waals surface area contributed by atoms with E-state index in [1.807, 2.05) is 11.7 Å². The largest absolute Gasteiger partial charge is 0.310 e. The third kappa shape index (κ3) is 4.18. The molecule has 1 N–H and O–H groups in total. The van der Waals surface area contributed by atoms with E-state index in [0.717, 1.165) is 25.1 Å². The summed E-state index contributed by atoms with van der Waals surface area (Å²) in [4.78, 5) is 0. The van der Waals surface area contributed by atoms with Crippen molar-refractivity contribution < 1.29 is 0 Å². The lowest BCUT2D eigenvalue weighted by Gasteiger charge is -2.20. The molecule has 1 aromatic carbocycles. The van der Waals surface area contributed by atoms with Crippen molar-refractivity contribution in [2.45, 2.75) is 46.6 Å². The minimum Gasteiger partial charge on any atom is -0.310 e. The van der Waals surface area contributed by atoms with Crippen molar-refractivity contribution in [3.05, 3.63) is 52.3 Å². The fourth-order valence-corrected chi connectivity index (χ4v) is 2.90. The van der Waals surface area contributed by atoms with Gasteiger partial charge in [0.1, 0.15) is 0 Å². The molecule has 2 rings (SSSR count). The molecule has 0 fully saturated rings. The predicted octanol–water partition coefficient (Wildman–Crippen LogP) is 3.63. The molecule has 0 amide bonds. The van der Waals surface area contributed by atoms with Crippen LogP contribution in [0.25, 0.3) is 0 Å². The Kier molecular flexibility index (Phi) is 5.18. The Hall–Kier alpha value is -1.61. The van der Waals surface area contributed by atoms with Gasteiger partial charge in [-0.2, -0.15) is 5.10 Å². The molecule has 0 saturated carbocycles. The Labute approximate surface area is 128 Å². The highest BCUT2D eigenvalue weighted by Gasteiger charge is 2.15. The first-order valence-corrected chi connectivity index (χ1v) is 7.80. The van der Waals surface area contributed by atoms with E-state index >= 15 is 0 Å². The maximum atomic E-state index is 4.46. The summed E-state index contributed by atoms with van der Waals surface area (Å²) in [5, 5.41) is 8.15. The molecule has 0 spiro atoms. The monoisotopic (exact) mass is 285 g/mol. The average Bonchev–Trinajstić information content (AvgIpc) is 2.71. The first-order valence-electron chi connectivity index (χ1n) is 7.80. The Morgan fingerprint density at radius 3 is 2.29 bits per heavy atom. The zero-order valence-electron chi connectivity index (χ0n) is 13.9. The number of aromatic nitrogens is 2. The molecular formula is C18H27N3. The molecule has 1 aromatic heterocycles. The third-order valence-electron chi connectivity index (χ3n) is 3.80. The molecule has 3 nitrogen and oxygen atoms in total. The highest BCUT2D eigenvalue weighted by molar-refractivity contribution is 5.31. The van der Waals surface area contributed by atoms with Crippen LogP contribution in [-0.4, -0.2) is 16.3 Å². The number of hydrogen-bond donors (Lipinski definition) is 1. The van der Waals surface area contributed by atoms with E-state index in [1.54, 1.807) is 0 Å².